The number of nitrogens with one attached hydrogen (secondary N) is 2. The minimum absolute atomic E-state index is 0.345. The van der Waals surface area contributed by atoms with Gasteiger partial charge in [0.25, 0.3) is 0 Å². The van der Waals surface area contributed by atoms with Gasteiger partial charge in [-0.1, -0.05) is 30.3 Å². The first-order valence-electron chi connectivity index (χ1n) is 5.74. The second-order valence-electron chi connectivity index (χ2n) is 3.76. The van der Waals surface area contributed by atoms with Crippen LogP contribution in [0, 0.1) is 0 Å². The smallest absolute Gasteiger partial charge is 0.412 e. The molecule has 0 saturated heterocycles. The fraction of sp³-hybridized carbons (Fsp3) is 0.154. The van der Waals surface area contributed by atoms with Crippen molar-refractivity contribution < 1.29 is 9.53 Å². The number of ether oxygens (including phenoxy) is 1. The molecule has 0 aliphatic rings. The van der Waals surface area contributed by atoms with E-state index in [0.29, 0.717) is 18.2 Å². The number of nitrogens with zero attached hydrogens (tertiary/aromatic N) is 2. The van der Waals surface area contributed by atoms with Crippen molar-refractivity contribution in [3.8, 4) is 0 Å². The number of benzene rings is 1. The fourth-order valence-electron chi connectivity index (χ4n) is 1.44. The summed E-state index contributed by atoms with van der Waals surface area (Å²) in [5, 5.41) is 13.4. The number of carbonyl (C=O) groups excluding carboxylic acids is 1. The van der Waals surface area contributed by atoms with Crippen molar-refractivity contribution in [2.45, 2.75) is 6.54 Å². The third kappa shape index (κ3) is 3.95. The van der Waals surface area contributed by atoms with Gasteiger partial charge in [-0.3, -0.25) is 5.32 Å². The van der Waals surface area contributed by atoms with Crippen LogP contribution in [0.5, 0.6) is 0 Å². The van der Waals surface area contributed by atoms with Crippen molar-refractivity contribution in [3.63, 3.8) is 0 Å². The summed E-state index contributed by atoms with van der Waals surface area (Å²) in [4.78, 5) is 11.0. The number of amides is 1. The summed E-state index contributed by atoms with van der Waals surface area (Å²) >= 11 is 0. The molecule has 1 aromatic heterocycles. The van der Waals surface area contributed by atoms with Crippen LogP contribution in [0.1, 0.15) is 5.56 Å². The molecule has 2 aromatic rings. The largest absolute Gasteiger partial charge is 0.453 e. The van der Waals surface area contributed by atoms with Crippen LogP contribution in [0.4, 0.5) is 16.4 Å². The molecule has 0 atom stereocenters. The Hall–Kier alpha value is -2.63. The van der Waals surface area contributed by atoms with Gasteiger partial charge in [-0.15, -0.1) is 10.2 Å². The quantitative estimate of drug-likeness (QED) is 0.879. The first kappa shape index (κ1) is 12.8. The molecule has 0 radical (unpaired) electrons. The summed E-state index contributed by atoms with van der Waals surface area (Å²) < 4.78 is 4.46. The van der Waals surface area contributed by atoms with Gasteiger partial charge in [-0.25, -0.2) is 4.79 Å². The minimum atomic E-state index is -0.570. The Morgan fingerprint density at radius 3 is 2.42 bits per heavy atom. The average molecular weight is 258 g/mol. The SMILES string of the molecule is COC(=O)Nc1ccc(NCc2ccccc2)nn1. The number of methoxy groups -OCH3 is 1. The number of hydrogen-bond donors (Lipinski definition) is 2. The molecule has 0 fully saturated rings. The van der Waals surface area contributed by atoms with Gasteiger partial charge in [0.2, 0.25) is 0 Å². The molecular weight excluding hydrogens is 244 g/mol. The summed E-state index contributed by atoms with van der Waals surface area (Å²) in [5.41, 5.74) is 1.15. The maximum atomic E-state index is 11.0. The first-order chi connectivity index (χ1) is 9.28. The predicted molar refractivity (Wildman–Crippen MR) is 71.8 cm³/mol. The summed E-state index contributed by atoms with van der Waals surface area (Å²) in [6, 6.07) is 13.4. The summed E-state index contributed by atoms with van der Waals surface area (Å²) in [6.07, 6.45) is -0.570. The minimum Gasteiger partial charge on any atom is -0.453 e. The van der Waals surface area contributed by atoms with Gasteiger partial charge in [-0.05, 0) is 17.7 Å². The molecule has 0 unspecified atom stereocenters. The lowest BCUT2D eigenvalue weighted by molar-refractivity contribution is 0.187. The van der Waals surface area contributed by atoms with E-state index in [4.69, 9.17) is 0 Å². The van der Waals surface area contributed by atoms with Gasteiger partial charge in [0.1, 0.15) is 5.82 Å². The van der Waals surface area contributed by atoms with Crippen LogP contribution in [0.25, 0.3) is 0 Å². The molecule has 0 spiro atoms. The normalized spacial score (nSPS) is 9.74. The predicted octanol–water partition coefficient (Wildman–Crippen LogP) is 2.27. The monoisotopic (exact) mass is 258 g/mol. The first-order valence-corrected chi connectivity index (χ1v) is 5.74. The van der Waals surface area contributed by atoms with E-state index in [1.54, 1.807) is 12.1 Å². The molecule has 19 heavy (non-hydrogen) atoms. The van der Waals surface area contributed by atoms with Gasteiger partial charge in [0.05, 0.1) is 7.11 Å². The molecule has 2 N–H and O–H groups in total. The molecule has 1 aromatic carbocycles. The Labute approximate surface area is 110 Å². The average Bonchev–Trinajstić information content (AvgIpc) is 2.47. The second-order valence-corrected chi connectivity index (χ2v) is 3.76. The Kier molecular flexibility index (Phi) is 4.28. The Morgan fingerprint density at radius 1 is 1.11 bits per heavy atom. The number of hydrogen-bond acceptors (Lipinski definition) is 5. The second kappa shape index (κ2) is 6.34. The van der Waals surface area contributed by atoms with Crippen LogP contribution in [0.3, 0.4) is 0 Å². The molecule has 0 aliphatic carbocycles. The van der Waals surface area contributed by atoms with Crippen LogP contribution < -0.4 is 10.6 Å². The van der Waals surface area contributed by atoms with E-state index in [9.17, 15) is 4.79 Å². The van der Waals surface area contributed by atoms with E-state index in [1.807, 2.05) is 30.3 Å². The van der Waals surface area contributed by atoms with E-state index in [2.05, 4.69) is 25.6 Å². The van der Waals surface area contributed by atoms with E-state index in [1.165, 1.54) is 7.11 Å². The van der Waals surface area contributed by atoms with E-state index in [-0.39, 0.29) is 0 Å². The van der Waals surface area contributed by atoms with E-state index in [0.717, 1.165) is 5.56 Å². The Morgan fingerprint density at radius 2 is 1.79 bits per heavy atom. The topological polar surface area (TPSA) is 76.1 Å². The summed E-state index contributed by atoms with van der Waals surface area (Å²) in [7, 11) is 1.29. The Balaban J connectivity index is 1.90. The zero-order valence-corrected chi connectivity index (χ0v) is 10.5. The number of rotatable bonds is 4. The van der Waals surface area contributed by atoms with Crippen molar-refractivity contribution in [2.75, 3.05) is 17.7 Å². The lowest BCUT2D eigenvalue weighted by atomic mass is 10.2. The number of anilines is 2. The van der Waals surface area contributed by atoms with E-state index < -0.39 is 6.09 Å². The number of aromatic nitrogens is 2. The molecule has 1 heterocycles. The van der Waals surface area contributed by atoms with Gasteiger partial charge in [0, 0.05) is 6.54 Å². The highest BCUT2D eigenvalue weighted by Gasteiger charge is 2.02. The standard InChI is InChI=1S/C13H14N4O2/c1-19-13(18)15-12-8-7-11(16-17-12)14-9-10-5-3-2-4-6-10/h2-8H,9H2,1H3,(H,14,16)(H,15,17,18). The zero-order chi connectivity index (χ0) is 13.5. The van der Waals surface area contributed by atoms with Crippen molar-refractivity contribution in [2.24, 2.45) is 0 Å². The van der Waals surface area contributed by atoms with Gasteiger partial charge in [-0.2, -0.15) is 0 Å². The maximum Gasteiger partial charge on any atom is 0.412 e. The molecule has 98 valence electrons. The number of carbonyl (C=O) groups is 1. The highest BCUT2D eigenvalue weighted by molar-refractivity contribution is 5.83. The zero-order valence-electron chi connectivity index (χ0n) is 10.5. The molecule has 6 heteroatoms. The van der Waals surface area contributed by atoms with E-state index >= 15 is 0 Å². The van der Waals surface area contributed by atoms with Crippen LogP contribution in [-0.4, -0.2) is 23.4 Å². The fourth-order valence-corrected chi connectivity index (χ4v) is 1.44. The maximum absolute atomic E-state index is 11.0. The van der Waals surface area contributed by atoms with Crippen molar-refractivity contribution in [3.05, 3.63) is 48.0 Å². The lowest BCUT2D eigenvalue weighted by Gasteiger charge is -2.06. The molecule has 0 bridgehead atoms. The third-order valence-electron chi connectivity index (χ3n) is 2.40. The van der Waals surface area contributed by atoms with Crippen LogP contribution in [0.2, 0.25) is 0 Å². The van der Waals surface area contributed by atoms with Crippen molar-refractivity contribution in [1.29, 1.82) is 0 Å². The summed E-state index contributed by atoms with van der Waals surface area (Å²) in [5.74, 6) is 0.983. The van der Waals surface area contributed by atoms with Gasteiger partial charge in [0.15, 0.2) is 5.82 Å². The molecule has 1 amide bonds. The molecule has 2 rings (SSSR count). The van der Waals surface area contributed by atoms with Gasteiger partial charge >= 0.3 is 6.09 Å². The summed E-state index contributed by atoms with van der Waals surface area (Å²) in [6.45, 7) is 0.666. The van der Waals surface area contributed by atoms with Crippen molar-refractivity contribution >= 4 is 17.7 Å². The molecule has 0 aliphatic heterocycles. The third-order valence-corrected chi connectivity index (χ3v) is 2.40. The molecule has 6 nitrogen and oxygen atoms in total. The highest BCUT2D eigenvalue weighted by atomic mass is 16.5. The van der Waals surface area contributed by atoms with Crippen LogP contribution in [-0.2, 0) is 11.3 Å². The molecule has 0 saturated carbocycles. The lowest BCUT2D eigenvalue weighted by Crippen LogP contribution is -2.13. The molecular formula is C13H14N4O2. The van der Waals surface area contributed by atoms with Crippen LogP contribution >= 0.6 is 0 Å². The van der Waals surface area contributed by atoms with Gasteiger partial charge < -0.3 is 10.1 Å². The Bertz CT molecular complexity index is 528. The van der Waals surface area contributed by atoms with Crippen molar-refractivity contribution in [1.82, 2.24) is 10.2 Å². The highest BCUT2D eigenvalue weighted by Crippen LogP contribution is 2.08. The van der Waals surface area contributed by atoms with Crippen LogP contribution in [0.15, 0.2) is 42.5 Å².